The van der Waals surface area contributed by atoms with Crippen molar-refractivity contribution in [1.29, 1.82) is 0 Å². The molecule has 1 nitrogen and oxygen atoms in total. The number of alkyl halides is 1. The molecule has 1 unspecified atom stereocenters. The van der Waals surface area contributed by atoms with Crippen molar-refractivity contribution < 1.29 is 4.74 Å². The summed E-state index contributed by atoms with van der Waals surface area (Å²) in [7, 11) is 0. The molecule has 0 amide bonds. The minimum absolute atomic E-state index is 0.131. The van der Waals surface area contributed by atoms with Gasteiger partial charge in [0.15, 0.2) is 0 Å². The van der Waals surface area contributed by atoms with Gasteiger partial charge >= 0.3 is 0 Å². The Morgan fingerprint density at radius 3 is 2.69 bits per heavy atom. The number of unbranched alkanes of at least 4 members (excludes halogenated alkanes) is 2. The number of hydrogen-bond donors (Lipinski definition) is 0. The fraction of sp³-hybridized carbons (Fsp3) is 0.538. The summed E-state index contributed by atoms with van der Waals surface area (Å²) < 4.78 is 6.81. The third-order valence-electron chi connectivity index (χ3n) is 2.46. The lowest BCUT2D eigenvalue weighted by molar-refractivity contribution is 0.0682. The maximum atomic E-state index is 6.15. The van der Waals surface area contributed by atoms with E-state index in [1.165, 1.54) is 12.8 Å². The van der Waals surface area contributed by atoms with Crippen LogP contribution in [0.3, 0.4) is 0 Å². The smallest absolute Gasteiger partial charge is 0.0928 e. The average Bonchev–Trinajstić information content (AvgIpc) is 2.31. The topological polar surface area (TPSA) is 9.23 Å². The first-order valence-corrected chi connectivity index (χ1v) is 7.62. The first-order valence-electron chi connectivity index (χ1n) is 5.71. The van der Waals surface area contributed by atoms with Gasteiger partial charge in [-0.2, -0.15) is 0 Å². The van der Waals surface area contributed by atoms with Crippen LogP contribution in [-0.4, -0.2) is 11.0 Å². The molecule has 0 bridgehead atoms. The van der Waals surface area contributed by atoms with Gasteiger partial charge in [-0.3, -0.25) is 0 Å². The Bertz CT molecular complexity index is 304. The first-order chi connectivity index (χ1) is 7.79. The van der Waals surface area contributed by atoms with Gasteiger partial charge in [-0.1, -0.05) is 72.2 Å². The molecule has 1 aromatic rings. The van der Waals surface area contributed by atoms with Gasteiger partial charge in [0.2, 0.25) is 0 Å². The fourth-order valence-corrected chi connectivity index (χ4v) is 2.52. The largest absolute Gasteiger partial charge is 0.373 e. The standard InChI is InChI=1S/C13H18ClIO/c1-2-3-6-9-16-13(10-15)11-7-4-5-8-12(11)14/h4-5,7-8,13H,2-3,6,9-10H2,1H3. The second kappa shape index (κ2) is 8.31. The van der Waals surface area contributed by atoms with Crippen molar-refractivity contribution in [2.45, 2.75) is 32.3 Å². The van der Waals surface area contributed by atoms with Crippen LogP contribution < -0.4 is 0 Å². The summed E-state index contributed by atoms with van der Waals surface area (Å²) in [4.78, 5) is 0. The van der Waals surface area contributed by atoms with E-state index in [1.807, 2.05) is 24.3 Å². The van der Waals surface area contributed by atoms with Crippen LogP contribution in [0, 0.1) is 0 Å². The van der Waals surface area contributed by atoms with Crippen molar-refractivity contribution in [1.82, 2.24) is 0 Å². The van der Waals surface area contributed by atoms with E-state index in [2.05, 4.69) is 29.5 Å². The molecule has 0 fully saturated rings. The molecule has 1 aromatic carbocycles. The Hall–Kier alpha value is 0.200. The molecule has 0 aromatic heterocycles. The van der Waals surface area contributed by atoms with Crippen molar-refractivity contribution >= 4 is 34.2 Å². The molecule has 90 valence electrons. The van der Waals surface area contributed by atoms with Gasteiger partial charge in [-0.25, -0.2) is 0 Å². The summed E-state index contributed by atoms with van der Waals surface area (Å²) in [5.74, 6) is 0. The van der Waals surface area contributed by atoms with Crippen LogP contribution >= 0.6 is 34.2 Å². The summed E-state index contributed by atoms with van der Waals surface area (Å²) in [5, 5.41) is 0.805. The van der Waals surface area contributed by atoms with Crippen LogP contribution in [0.15, 0.2) is 24.3 Å². The lowest BCUT2D eigenvalue weighted by Crippen LogP contribution is -2.07. The van der Waals surface area contributed by atoms with Crippen LogP contribution in [0.4, 0.5) is 0 Å². The van der Waals surface area contributed by atoms with Crippen LogP contribution in [0.25, 0.3) is 0 Å². The highest BCUT2D eigenvalue weighted by atomic mass is 127. The Labute approximate surface area is 117 Å². The van der Waals surface area contributed by atoms with Crippen molar-refractivity contribution in [3.63, 3.8) is 0 Å². The Kier molecular flexibility index (Phi) is 7.41. The monoisotopic (exact) mass is 352 g/mol. The fourth-order valence-electron chi connectivity index (χ4n) is 1.53. The lowest BCUT2D eigenvalue weighted by Gasteiger charge is -2.17. The molecule has 0 saturated heterocycles. The summed E-state index contributed by atoms with van der Waals surface area (Å²) >= 11 is 8.50. The third-order valence-corrected chi connectivity index (χ3v) is 3.60. The van der Waals surface area contributed by atoms with Crippen LogP contribution in [0.2, 0.25) is 5.02 Å². The molecular weight excluding hydrogens is 334 g/mol. The molecule has 0 aliphatic heterocycles. The predicted molar refractivity (Wildman–Crippen MR) is 78.6 cm³/mol. The number of halogens is 2. The van der Waals surface area contributed by atoms with Crippen molar-refractivity contribution in [2.24, 2.45) is 0 Å². The van der Waals surface area contributed by atoms with E-state index >= 15 is 0 Å². The zero-order chi connectivity index (χ0) is 11.8. The summed E-state index contributed by atoms with van der Waals surface area (Å²) in [6.45, 7) is 3.02. The second-order valence-corrected chi connectivity index (χ2v) is 5.03. The molecule has 0 spiro atoms. The number of hydrogen-bond acceptors (Lipinski definition) is 1. The van der Waals surface area contributed by atoms with E-state index in [4.69, 9.17) is 16.3 Å². The summed E-state index contributed by atoms with van der Waals surface area (Å²) in [6.07, 6.45) is 3.72. The average molecular weight is 353 g/mol. The summed E-state index contributed by atoms with van der Waals surface area (Å²) in [5.41, 5.74) is 1.11. The minimum Gasteiger partial charge on any atom is -0.373 e. The number of benzene rings is 1. The predicted octanol–water partition coefficient (Wildman–Crippen LogP) is 5.02. The zero-order valence-electron chi connectivity index (χ0n) is 9.59. The highest BCUT2D eigenvalue weighted by Crippen LogP contribution is 2.27. The second-order valence-electron chi connectivity index (χ2n) is 3.74. The Morgan fingerprint density at radius 1 is 1.31 bits per heavy atom. The highest BCUT2D eigenvalue weighted by molar-refractivity contribution is 14.1. The Morgan fingerprint density at radius 2 is 2.06 bits per heavy atom. The van der Waals surface area contributed by atoms with E-state index in [1.54, 1.807) is 0 Å². The van der Waals surface area contributed by atoms with E-state index in [0.717, 1.165) is 28.0 Å². The molecule has 0 aliphatic rings. The van der Waals surface area contributed by atoms with E-state index in [9.17, 15) is 0 Å². The minimum atomic E-state index is 0.131. The maximum absolute atomic E-state index is 6.15. The van der Waals surface area contributed by atoms with E-state index < -0.39 is 0 Å². The number of ether oxygens (including phenoxy) is 1. The van der Waals surface area contributed by atoms with Crippen molar-refractivity contribution in [3.8, 4) is 0 Å². The van der Waals surface area contributed by atoms with E-state index in [-0.39, 0.29) is 6.10 Å². The van der Waals surface area contributed by atoms with Gasteiger partial charge in [-0.05, 0) is 12.5 Å². The van der Waals surface area contributed by atoms with Gasteiger partial charge in [0.05, 0.1) is 6.10 Å². The van der Waals surface area contributed by atoms with Gasteiger partial charge < -0.3 is 4.74 Å². The van der Waals surface area contributed by atoms with E-state index in [0.29, 0.717) is 0 Å². The molecule has 0 radical (unpaired) electrons. The zero-order valence-corrected chi connectivity index (χ0v) is 12.5. The number of rotatable bonds is 7. The molecule has 1 atom stereocenters. The SMILES string of the molecule is CCCCCOC(CI)c1ccccc1Cl. The molecule has 0 N–H and O–H groups in total. The van der Waals surface area contributed by atoms with Crippen LogP contribution in [-0.2, 0) is 4.74 Å². The van der Waals surface area contributed by atoms with Crippen LogP contribution in [0.5, 0.6) is 0 Å². The van der Waals surface area contributed by atoms with Gasteiger partial charge in [0.25, 0.3) is 0 Å². The Balaban J connectivity index is 2.51. The molecule has 16 heavy (non-hydrogen) atoms. The lowest BCUT2D eigenvalue weighted by atomic mass is 10.1. The van der Waals surface area contributed by atoms with Crippen molar-refractivity contribution in [2.75, 3.05) is 11.0 Å². The highest BCUT2D eigenvalue weighted by Gasteiger charge is 2.13. The van der Waals surface area contributed by atoms with Gasteiger partial charge in [0.1, 0.15) is 0 Å². The molecule has 3 heteroatoms. The quantitative estimate of drug-likeness (QED) is 0.380. The molecular formula is C13H18ClIO. The molecule has 0 aliphatic carbocycles. The van der Waals surface area contributed by atoms with Crippen molar-refractivity contribution in [3.05, 3.63) is 34.9 Å². The normalized spacial score (nSPS) is 12.7. The molecule has 1 rings (SSSR count). The third kappa shape index (κ3) is 4.60. The maximum Gasteiger partial charge on any atom is 0.0928 e. The van der Waals surface area contributed by atoms with Gasteiger partial charge in [0, 0.05) is 21.6 Å². The summed E-state index contributed by atoms with van der Waals surface area (Å²) in [6, 6.07) is 7.93. The van der Waals surface area contributed by atoms with Gasteiger partial charge in [-0.15, -0.1) is 0 Å². The van der Waals surface area contributed by atoms with Crippen LogP contribution in [0.1, 0.15) is 37.9 Å². The molecule has 0 heterocycles. The first kappa shape index (κ1) is 14.3. The molecule has 0 saturated carbocycles.